The molecule has 5 heteroatoms. The number of rotatable bonds is 6. The lowest BCUT2D eigenvalue weighted by Gasteiger charge is -2.36. The van der Waals surface area contributed by atoms with Gasteiger partial charge in [0.25, 0.3) is 0 Å². The Balaban J connectivity index is 1.79. The van der Waals surface area contributed by atoms with Gasteiger partial charge in [0.2, 0.25) is 0 Å². The molecule has 0 bridgehead atoms. The largest absolute Gasteiger partial charge is 0.468 e. The fraction of sp³-hybridized carbons (Fsp3) is 0.611. The van der Waals surface area contributed by atoms with Crippen LogP contribution < -0.4 is 5.32 Å². The summed E-state index contributed by atoms with van der Waals surface area (Å²) in [6.07, 6.45) is 4.06. The van der Waals surface area contributed by atoms with E-state index in [4.69, 9.17) is 4.74 Å². The second-order valence-corrected chi connectivity index (χ2v) is 7.39. The summed E-state index contributed by atoms with van der Waals surface area (Å²) in [4.78, 5) is 13.9. The summed E-state index contributed by atoms with van der Waals surface area (Å²) < 4.78 is 6.03. The Bertz CT molecular complexity index is 506. The van der Waals surface area contributed by atoms with E-state index in [1.807, 2.05) is 7.05 Å². The SMILES string of the molecule is COC(=O)C1CC(NC(C)CCc2ccc(Br)cc2)CCN1C. The lowest BCUT2D eigenvalue weighted by molar-refractivity contribution is -0.148. The number of likely N-dealkylation sites (tertiary alicyclic amines) is 1. The molecule has 3 unspecified atom stereocenters. The number of aryl methyl sites for hydroxylation is 1. The molecule has 128 valence electrons. The van der Waals surface area contributed by atoms with E-state index in [1.165, 1.54) is 12.7 Å². The zero-order valence-electron chi connectivity index (χ0n) is 14.2. The van der Waals surface area contributed by atoms with Gasteiger partial charge in [-0.1, -0.05) is 28.1 Å². The molecule has 1 saturated heterocycles. The first-order valence-electron chi connectivity index (χ1n) is 8.28. The van der Waals surface area contributed by atoms with Gasteiger partial charge < -0.3 is 10.1 Å². The number of hydrogen-bond donors (Lipinski definition) is 1. The van der Waals surface area contributed by atoms with Gasteiger partial charge in [-0.15, -0.1) is 0 Å². The fourth-order valence-corrected chi connectivity index (χ4v) is 3.43. The monoisotopic (exact) mass is 382 g/mol. The van der Waals surface area contributed by atoms with Crippen molar-refractivity contribution < 1.29 is 9.53 Å². The van der Waals surface area contributed by atoms with Crippen LogP contribution in [0.2, 0.25) is 0 Å². The van der Waals surface area contributed by atoms with Crippen LogP contribution in [-0.2, 0) is 16.0 Å². The Hall–Kier alpha value is -0.910. The summed E-state index contributed by atoms with van der Waals surface area (Å²) in [5.41, 5.74) is 1.36. The number of nitrogens with zero attached hydrogens (tertiary/aromatic N) is 1. The summed E-state index contributed by atoms with van der Waals surface area (Å²) >= 11 is 3.47. The molecule has 3 atom stereocenters. The first-order chi connectivity index (χ1) is 11.0. The van der Waals surface area contributed by atoms with Gasteiger partial charge in [0.1, 0.15) is 6.04 Å². The standard InChI is InChI=1S/C18H27BrN2O2/c1-13(4-5-14-6-8-15(19)9-7-14)20-16-10-11-21(2)17(12-16)18(22)23-3/h6-9,13,16-17,20H,4-5,10-12H2,1-3H3. The van der Waals surface area contributed by atoms with E-state index in [0.29, 0.717) is 12.1 Å². The maximum atomic E-state index is 11.9. The third kappa shape index (κ3) is 5.59. The molecular weight excluding hydrogens is 356 g/mol. The van der Waals surface area contributed by atoms with Crippen molar-refractivity contribution >= 4 is 21.9 Å². The molecule has 0 amide bonds. The van der Waals surface area contributed by atoms with Gasteiger partial charge >= 0.3 is 5.97 Å². The lowest BCUT2D eigenvalue weighted by Crippen LogP contribution is -2.52. The molecule has 0 aliphatic carbocycles. The second-order valence-electron chi connectivity index (χ2n) is 6.47. The van der Waals surface area contributed by atoms with Crippen molar-refractivity contribution in [3.05, 3.63) is 34.3 Å². The van der Waals surface area contributed by atoms with E-state index in [0.717, 1.165) is 36.7 Å². The predicted molar refractivity (Wildman–Crippen MR) is 96.5 cm³/mol. The molecule has 0 spiro atoms. The highest BCUT2D eigenvalue weighted by molar-refractivity contribution is 9.10. The Morgan fingerprint density at radius 2 is 2.13 bits per heavy atom. The molecule has 0 aromatic heterocycles. The average Bonchev–Trinajstić information content (AvgIpc) is 2.55. The summed E-state index contributed by atoms with van der Waals surface area (Å²) in [5, 5.41) is 3.69. The normalized spacial score (nSPS) is 23.5. The van der Waals surface area contributed by atoms with E-state index in [1.54, 1.807) is 0 Å². The van der Waals surface area contributed by atoms with Crippen molar-refractivity contribution in [1.82, 2.24) is 10.2 Å². The van der Waals surface area contributed by atoms with Gasteiger partial charge in [0.15, 0.2) is 0 Å². The number of carbonyl (C=O) groups is 1. The minimum absolute atomic E-state index is 0.120. The Morgan fingerprint density at radius 3 is 2.78 bits per heavy atom. The number of ether oxygens (including phenoxy) is 1. The highest BCUT2D eigenvalue weighted by Crippen LogP contribution is 2.18. The fourth-order valence-electron chi connectivity index (χ4n) is 3.17. The molecule has 1 aromatic carbocycles. The Morgan fingerprint density at radius 1 is 1.43 bits per heavy atom. The van der Waals surface area contributed by atoms with Gasteiger partial charge in [0.05, 0.1) is 7.11 Å². The number of halogens is 1. The zero-order chi connectivity index (χ0) is 16.8. The van der Waals surface area contributed by atoms with Gasteiger partial charge in [-0.2, -0.15) is 0 Å². The molecule has 2 rings (SSSR count). The number of carbonyl (C=O) groups excluding carboxylic acids is 1. The van der Waals surface area contributed by atoms with Gasteiger partial charge in [-0.3, -0.25) is 9.69 Å². The maximum absolute atomic E-state index is 11.9. The van der Waals surface area contributed by atoms with Crippen LogP contribution in [0.1, 0.15) is 31.7 Å². The molecule has 0 saturated carbocycles. The number of piperidine rings is 1. The summed E-state index contributed by atoms with van der Waals surface area (Å²) in [6.45, 7) is 3.15. The number of benzene rings is 1. The number of hydrogen-bond acceptors (Lipinski definition) is 4. The molecule has 1 aromatic rings. The van der Waals surface area contributed by atoms with Crippen molar-refractivity contribution in [2.45, 2.75) is 50.7 Å². The quantitative estimate of drug-likeness (QED) is 0.767. The van der Waals surface area contributed by atoms with Crippen LogP contribution in [-0.4, -0.2) is 49.7 Å². The van der Waals surface area contributed by atoms with E-state index in [-0.39, 0.29) is 12.0 Å². The number of methoxy groups -OCH3 is 1. The number of nitrogens with one attached hydrogen (secondary N) is 1. The predicted octanol–water partition coefficient (Wildman–Crippen LogP) is 3.00. The smallest absolute Gasteiger partial charge is 0.323 e. The van der Waals surface area contributed by atoms with Crippen LogP contribution >= 0.6 is 15.9 Å². The van der Waals surface area contributed by atoms with Crippen molar-refractivity contribution in [2.75, 3.05) is 20.7 Å². The first kappa shape index (κ1) is 18.4. The van der Waals surface area contributed by atoms with Crippen LogP contribution in [0.15, 0.2) is 28.7 Å². The number of esters is 1. The molecule has 1 aliphatic rings. The third-order valence-electron chi connectivity index (χ3n) is 4.64. The Labute approximate surface area is 147 Å². The maximum Gasteiger partial charge on any atom is 0.323 e. The topological polar surface area (TPSA) is 41.6 Å². The van der Waals surface area contributed by atoms with E-state index in [9.17, 15) is 4.79 Å². The van der Waals surface area contributed by atoms with Gasteiger partial charge in [0, 0.05) is 23.1 Å². The second kappa shape index (κ2) is 8.81. The van der Waals surface area contributed by atoms with Crippen molar-refractivity contribution in [2.24, 2.45) is 0 Å². The lowest BCUT2D eigenvalue weighted by atomic mass is 9.96. The summed E-state index contributed by atoms with van der Waals surface area (Å²) in [7, 11) is 3.46. The molecule has 1 fully saturated rings. The minimum atomic E-state index is -0.124. The highest BCUT2D eigenvalue weighted by atomic mass is 79.9. The molecular formula is C18H27BrN2O2. The molecule has 4 nitrogen and oxygen atoms in total. The van der Waals surface area contributed by atoms with Crippen LogP contribution in [0, 0.1) is 0 Å². The van der Waals surface area contributed by atoms with Gasteiger partial charge in [-0.25, -0.2) is 0 Å². The molecule has 0 radical (unpaired) electrons. The first-order valence-corrected chi connectivity index (χ1v) is 9.07. The van der Waals surface area contributed by atoms with Crippen molar-refractivity contribution in [3.63, 3.8) is 0 Å². The highest BCUT2D eigenvalue weighted by Gasteiger charge is 2.32. The van der Waals surface area contributed by atoms with E-state index in [2.05, 4.69) is 57.3 Å². The van der Waals surface area contributed by atoms with Crippen molar-refractivity contribution in [1.29, 1.82) is 0 Å². The Kier molecular flexibility index (Phi) is 7.06. The molecule has 23 heavy (non-hydrogen) atoms. The van der Waals surface area contributed by atoms with Gasteiger partial charge in [-0.05, 0) is 57.4 Å². The molecule has 1 aliphatic heterocycles. The van der Waals surface area contributed by atoms with E-state index < -0.39 is 0 Å². The summed E-state index contributed by atoms with van der Waals surface area (Å²) in [5.74, 6) is -0.124. The number of likely N-dealkylation sites (N-methyl/N-ethyl adjacent to an activating group) is 1. The average molecular weight is 383 g/mol. The van der Waals surface area contributed by atoms with E-state index >= 15 is 0 Å². The zero-order valence-corrected chi connectivity index (χ0v) is 15.8. The van der Waals surface area contributed by atoms with Crippen molar-refractivity contribution in [3.8, 4) is 0 Å². The third-order valence-corrected chi connectivity index (χ3v) is 5.17. The van der Waals surface area contributed by atoms with Crippen LogP contribution in [0.5, 0.6) is 0 Å². The van der Waals surface area contributed by atoms with Crippen LogP contribution in [0.4, 0.5) is 0 Å². The summed E-state index contributed by atoms with van der Waals surface area (Å²) in [6, 6.07) is 9.21. The van der Waals surface area contributed by atoms with Crippen LogP contribution in [0.25, 0.3) is 0 Å². The molecule has 1 N–H and O–H groups in total. The minimum Gasteiger partial charge on any atom is -0.468 e. The molecule has 1 heterocycles. The van der Waals surface area contributed by atoms with Crippen LogP contribution in [0.3, 0.4) is 0 Å².